The molecule has 1 aromatic heterocycles. The maximum Gasteiger partial charge on any atom is 0.262 e. The number of carbonyl (C=O) groups is 1. The van der Waals surface area contributed by atoms with Gasteiger partial charge in [-0.15, -0.1) is 0 Å². The first-order valence-electron chi connectivity index (χ1n) is 8.16. The van der Waals surface area contributed by atoms with E-state index in [1.807, 2.05) is 0 Å². The van der Waals surface area contributed by atoms with Gasteiger partial charge in [-0.1, -0.05) is 12.1 Å². The Bertz CT molecular complexity index is 1080. The molecule has 0 aliphatic heterocycles. The lowest BCUT2D eigenvalue weighted by Gasteiger charge is -2.13. The Hall–Kier alpha value is -3.33. The molecule has 0 fully saturated rings. The first-order chi connectivity index (χ1) is 13.4. The Morgan fingerprint density at radius 2 is 1.93 bits per heavy atom. The van der Waals surface area contributed by atoms with Crippen LogP contribution in [0, 0.1) is 5.82 Å². The van der Waals surface area contributed by atoms with E-state index >= 15 is 0 Å². The second kappa shape index (κ2) is 8.13. The van der Waals surface area contributed by atoms with Crippen molar-refractivity contribution in [1.82, 2.24) is 5.32 Å². The minimum atomic E-state index is -4.07. The van der Waals surface area contributed by atoms with Crippen LogP contribution >= 0.6 is 0 Å². The largest absolute Gasteiger partial charge is 0.494 e. The van der Waals surface area contributed by atoms with Crippen molar-refractivity contribution in [2.24, 2.45) is 0 Å². The van der Waals surface area contributed by atoms with Crippen molar-refractivity contribution in [3.8, 4) is 5.75 Å². The lowest BCUT2D eigenvalue weighted by atomic mass is 10.1. The van der Waals surface area contributed by atoms with Crippen molar-refractivity contribution >= 4 is 21.6 Å². The van der Waals surface area contributed by atoms with E-state index in [9.17, 15) is 17.6 Å². The number of ether oxygens (including phenoxy) is 1. The number of benzene rings is 2. The van der Waals surface area contributed by atoms with E-state index in [0.29, 0.717) is 5.76 Å². The van der Waals surface area contributed by atoms with E-state index in [0.717, 1.165) is 18.2 Å². The van der Waals surface area contributed by atoms with Gasteiger partial charge in [0.25, 0.3) is 15.9 Å². The zero-order valence-electron chi connectivity index (χ0n) is 14.8. The Kier molecular flexibility index (Phi) is 5.65. The molecule has 146 valence electrons. The highest BCUT2D eigenvalue weighted by molar-refractivity contribution is 7.92. The second-order valence-electron chi connectivity index (χ2n) is 5.71. The minimum Gasteiger partial charge on any atom is -0.494 e. The smallest absolute Gasteiger partial charge is 0.262 e. The molecule has 9 heteroatoms. The quantitative estimate of drug-likeness (QED) is 0.630. The summed E-state index contributed by atoms with van der Waals surface area (Å²) < 4.78 is 51.2. The summed E-state index contributed by atoms with van der Waals surface area (Å²) >= 11 is 0. The van der Waals surface area contributed by atoms with Crippen LogP contribution in [0.15, 0.2) is 70.2 Å². The molecule has 0 saturated heterocycles. The van der Waals surface area contributed by atoms with Gasteiger partial charge < -0.3 is 14.5 Å². The summed E-state index contributed by atoms with van der Waals surface area (Å²) in [6, 6.07) is 12.7. The third-order valence-electron chi connectivity index (χ3n) is 3.85. The fourth-order valence-electron chi connectivity index (χ4n) is 2.46. The lowest BCUT2D eigenvalue weighted by molar-refractivity contribution is 0.0949. The van der Waals surface area contributed by atoms with E-state index in [-0.39, 0.29) is 28.4 Å². The van der Waals surface area contributed by atoms with Gasteiger partial charge in [-0.25, -0.2) is 12.8 Å². The zero-order valence-corrected chi connectivity index (χ0v) is 15.6. The highest BCUT2D eigenvalue weighted by Gasteiger charge is 2.20. The molecule has 0 unspecified atom stereocenters. The van der Waals surface area contributed by atoms with Crippen LogP contribution in [0.25, 0.3) is 0 Å². The highest BCUT2D eigenvalue weighted by Crippen LogP contribution is 2.24. The average Bonchev–Trinajstić information content (AvgIpc) is 3.20. The number of methoxy groups -OCH3 is 1. The topological polar surface area (TPSA) is 97.6 Å². The van der Waals surface area contributed by atoms with Gasteiger partial charge in [-0.3, -0.25) is 9.52 Å². The Morgan fingerprint density at radius 3 is 2.64 bits per heavy atom. The van der Waals surface area contributed by atoms with E-state index in [1.54, 1.807) is 24.3 Å². The predicted octanol–water partition coefficient (Wildman–Crippen LogP) is 3.16. The van der Waals surface area contributed by atoms with Crippen molar-refractivity contribution in [3.63, 3.8) is 0 Å². The molecule has 0 atom stereocenters. The van der Waals surface area contributed by atoms with E-state index in [4.69, 9.17) is 9.15 Å². The number of hydrogen-bond acceptors (Lipinski definition) is 5. The molecule has 7 nitrogen and oxygen atoms in total. The number of rotatable bonds is 7. The fraction of sp³-hybridized carbons (Fsp3) is 0.105. The van der Waals surface area contributed by atoms with E-state index in [2.05, 4.69) is 10.0 Å². The Balaban J connectivity index is 1.83. The van der Waals surface area contributed by atoms with Gasteiger partial charge >= 0.3 is 0 Å². The van der Waals surface area contributed by atoms with E-state index < -0.39 is 21.7 Å². The first kappa shape index (κ1) is 19.4. The maximum atomic E-state index is 13.6. The van der Waals surface area contributed by atoms with Gasteiger partial charge in [0.15, 0.2) is 11.6 Å². The molecule has 2 aromatic carbocycles. The molecule has 2 N–H and O–H groups in total. The average molecular weight is 404 g/mol. The highest BCUT2D eigenvalue weighted by atomic mass is 32.2. The summed E-state index contributed by atoms with van der Waals surface area (Å²) in [4.78, 5) is 12.3. The standard InChI is InChI=1S/C19H17FN2O5S/c1-26-18-11-14(8-9-16(18)20)28(24,25)22-17-7-3-2-6-15(17)19(23)21-12-13-5-4-10-27-13/h2-11,22H,12H2,1H3,(H,21,23). The first-order valence-corrected chi connectivity index (χ1v) is 9.65. The summed E-state index contributed by atoms with van der Waals surface area (Å²) in [7, 11) is -2.84. The van der Waals surface area contributed by atoms with Crippen LogP contribution in [0.1, 0.15) is 16.1 Å². The molecule has 3 rings (SSSR count). The van der Waals surface area contributed by atoms with Crippen LogP contribution in [0.2, 0.25) is 0 Å². The normalized spacial score (nSPS) is 11.1. The van der Waals surface area contributed by atoms with Crippen LogP contribution < -0.4 is 14.8 Å². The second-order valence-corrected chi connectivity index (χ2v) is 7.39. The fourth-order valence-corrected chi connectivity index (χ4v) is 3.55. The number of anilines is 1. The number of furan rings is 1. The van der Waals surface area contributed by atoms with Crippen LogP contribution in [0.5, 0.6) is 5.75 Å². The monoisotopic (exact) mass is 404 g/mol. The summed E-state index contributed by atoms with van der Waals surface area (Å²) in [5.41, 5.74) is 0.217. The van der Waals surface area contributed by atoms with Crippen molar-refractivity contribution < 1.29 is 26.8 Å². The number of amides is 1. The lowest BCUT2D eigenvalue weighted by Crippen LogP contribution is -2.24. The summed E-state index contributed by atoms with van der Waals surface area (Å²) in [6.07, 6.45) is 1.49. The van der Waals surface area contributed by atoms with Crippen molar-refractivity contribution in [2.75, 3.05) is 11.8 Å². The molecule has 0 aliphatic carbocycles. The molecule has 0 spiro atoms. The van der Waals surface area contributed by atoms with Crippen LogP contribution in [0.3, 0.4) is 0 Å². The summed E-state index contributed by atoms with van der Waals surface area (Å²) in [5, 5.41) is 2.66. The van der Waals surface area contributed by atoms with Gasteiger partial charge in [-0.2, -0.15) is 0 Å². The third-order valence-corrected chi connectivity index (χ3v) is 5.22. The van der Waals surface area contributed by atoms with Gasteiger partial charge in [0.2, 0.25) is 0 Å². The number of sulfonamides is 1. The molecule has 0 radical (unpaired) electrons. The van der Waals surface area contributed by atoms with Crippen molar-refractivity contribution in [3.05, 3.63) is 78.0 Å². The third kappa shape index (κ3) is 4.32. The molecule has 3 aromatic rings. The Labute approximate surface area is 161 Å². The number of para-hydroxylation sites is 1. The number of nitrogens with one attached hydrogen (secondary N) is 2. The molecule has 0 bridgehead atoms. The number of halogens is 1. The minimum absolute atomic E-state index is 0.0859. The Morgan fingerprint density at radius 1 is 1.14 bits per heavy atom. The van der Waals surface area contributed by atoms with Gasteiger partial charge in [0, 0.05) is 6.07 Å². The van der Waals surface area contributed by atoms with Crippen LogP contribution in [0.4, 0.5) is 10.1 Å². The number of carbonyl (C=O) groups excluding carboxylic acids is 1. The maximum absolute atomic E-state index is 13.6. The SMILES string of the molecule is COc1cc(S(=O)(=O)Nc2ccccc2C(=O)NCc2ccco2)ccc1F. The zero-order chi connectivity index (χ0) is 20.1. The van der Waals surface area contributed by atoms with Crippen LogP contribution in [-0.4, -0.2) is 21.4 Å². The van der Waals surface area contributed by atoms with Crippen LogP contribution in [-0.2, 0) is 16.6 Å². The molecule has 0 saturated carbocycles. The molecule has 28 heavy (non-hydrogen) atoms. The molecule has 1 amide bonds. The van der Waals surface area contributed by atoms with Crippen molar-refractivity contribution in [1.29, 1.82) is 0 Å². The van der Waals surface area contributed by atoms with Crippen molar-refractivity contribution in [2.45, 2.75) is 11.4 Å². The molecular weight excluding hydrogens is 387 g/mol. The molecular formula is C19H17FN2O5S. The summed E-state index contributed by atoms with van der Waals surface area (Å²) in [6.45, 7) is 0.155. The molecule has 1 heterocycles. The van der Waals surface area contributed by atoms with E-state index in [1.165, 1.54) is 25.5 Å². The van der Waals surface area contributed by atoms with Gasteiger partial charge in [0.05, 0.1) is 36.1 Å². The predicted molar refractivity (Wildman–Crippen MR) is 100 cm³/mol. The van der Waals surface area contributed by atoms with Gasteiger partial charge in [-0.05, 0) is 36.4 Å². The number of hydrogen-bond donors (Lipinski definition) is 2. The summed E-state index contributed by atoms with van der Waals surface area (Å²) in [5.74, 6) is -0.803. The van der Waals surface area contributed by atoms with Gasteiger partial charge in [0.1, 0.15) is 5.76 Å². The molecule has 0 aliphatic rings.